The summed E-state index contributed by atoms with van der Waals surface area (Å²) in [5.74, 6) is -1.87. The minimum Gasteiger partial charge on any atom is -0.468 e. The predicted octanol–water partition coefficient (Wildman–Crippen LogP) is 1.68. The van der Waals surface area contributed by atoms with Gasteiger partial charge in [0.2, 0.25) is 0 Å². The lowest BCUT2D eigenvalue weighted by Crippen LogP contribution is -2.34. The highest BCUT2D eigenvalue weighted by Crippen LogP contribution is 2.27. The van der Waals surface area contributed by atoms with Crippen LogP contribution in [0.4, 0.5) is 14.5 Å². The topological polar surface area (TPSA) is 55.6 Å². The molecule has 0 saturated carbocycles. The molecule has 20 heavy (non-hydrogen) atoms. The summed E-state index contributed by atoms with van der Waals surface area (Å²) in [5.41, 5.74) is 6.38. The molecule has 110 valence electrons. The number of benzene rings is 1. The number of carbonyl (C=O) groups is 1. The minimum absolute atomic E-state index is 0.247. The number of ether oxygens (including phenoxy) is 1. The fourth-order valence-corrected chi connectivity index (χ4v) is 2.55. The Morgan fingerprint density at radius 3 is 2.90 bits per heavy atom. The number of hydrogen-bond donors (Lipinski definition) is 1. The van der Waals surface area contributed by atoms with E-state index < -0.39 is 23.6 Å². The van der Waals surface area contributed by atoms with Gasteiger partial charge in [-0.25, -0.2) is 8.78 Å². The first kappa shape index (κ1) is 14.7. The Morgan fingerprint density at radius 2 is 2.25 bits per heavy atom. The van der Waals surface area contributed by atoms with E-state index in [0.717, 1.165) is 19.0 Å². The van der Waals surface area contributed by atoms with Gasteiger partial charge >= 0.3 is 5.97 Å². The zero-order valence-corrected chi connectivity index (χ0v) is 11.3. The average molecular weight is 284 g/mol. The van der Waals surface area contributed by atoms with Crippen molar-refractivity contribution in [2.75, 3.05) is 25.1 Å². The van der Waals surface area contributed by atoms with E-state index in [1.165, 1.54) is 13.2 Å². The summed E-state index contributed by atoms with van der Waals surface area (Å²) in [6, 6.07) is 3.24. The third-order valence-corrected chi connectivity index (χ3v) is 3.65. The summed E-state index contributed by atoms with van der Waals surface area (Å²) < 4.78 is 30.7. The molecule has 1 aliphatic heterocycles. The third-order valence-electron chi connectivity index (χ3n) is 3.65. The molecule has 4 nitrogen and oxygen atoms in total. The molecule has 2 rings (SSSR count). The zero-order chi connectivity index (χ0) is 14.7. The van der Waals surface area contributed by atoms with Crippen molar-refractivity contribution in [2.45, 2.75) is 18.9 Å². The SMILES string of the molecule is COC(=O)C(N)CC1CCN(c2ccc(F)c(F)c2)C1. The van der Waals surface area contributed by atoms with Crippen LogP contribution in [0.25, 0.3) is 0 Å². The fraction of sp³-hybridized carbons (Fsp3) is 0.500. The van der Waals surface area contributed by atoms with Crippen LogP contribution in [0.1, 0.15) is 12.8 Å². The second-order valence-corrected chi connectivity index (χ2v) is 5.06. The molecule has 1 fully saturated rings. The molecule has 2 atom stereocenters. The van der Waals surface area contributed by atoms with Crippen LogP contribution in [-0.4, -0.2) is 32.2 Å². The van der Waals surface area contributed by atoms with Gasteiger partial charge in [-0.05, 0) is 30.9 Å². The van der Waals surface area contributed by atoms with E-state index in [1.807, 2.05) is 4.90 Å². The molecule has 1 aromatic rings. The molecule has 1 heterocycles. The van der Waals surface area contributed by atoms with Gasteiger partial charge in [0.1, 0.15) is 6.04 Å². The monoisotopic (exact) mass is 284 g/mol. The van der Waals surface area contributed by atoms with Gasteiger partial charge in [-0.3, -0.25) is 4.79 Å². The maximum atomic E-state index is 13.2. The summed E-state index contributed by atoms with van der Waals surface area (Å²) in [4.78, 5) is 13.3. The van der Waals surface area contributed by atoms with Gasteiger partial charge in [0.15, 0.2) is 11.6 Å². The second-order valence-electron chi connectivity index (χ2n) is 5.06. The van der Waals surface area contributed by atoms with Crippen molar-refractivity contribution in [3.63, 3.8) is 0 Å². The van der Waals surface area contributed by atoms with E-state index in [2.05, 4.69) is 4.74 Å². The lowest BCUT2D eigenvalue weighted by Gasteiger charge is -2.19. The molecule has 1 aliphatic rings. The summed E-state index contributed by atoms with van der Waals surface area (Å²) in [7, 11) is 1.31. The smallest absolute Gasteiger partial charge is 0.322 e. The van der Waals surface area contributed by atoms with Gasteiger partial charge in [0, 0.05) is 24.8 Å². The van der Waals surface area contributed by atoms with Crippen molar-refractivity contribution in [2.24, 2.45) is 11.7 Å². The second kappa shape index (κ2) is 6.17. The number of halogens is 2. The summed E-state index contributed by atoms with van der Waals surface area (Å²) in [6.45, 7) is 1.42. The number of esters is 1. The standard InChI is InChI=1S/C14H18F2N2O2/c1-20-14(19)13(17)6-9-4-5-18(8-9)10-2-3-11(15)12(16)7-10/h2-3,7,9,13H,4-6,8,17H2,1H3. The Balaban J connectivity index is 1.95. The van der Waals surface area contributed by atoms with Gasteiger partial charge < -0.3 is 15.4 Å². The van der Waals surface area contributed by atoms with Crippen LogP contribution in [-0.2, 0) is 9.53 Å². The first-order valence-electron chi connectivity index (χ1n) is 6.54. The van der Waals surface area contributed by atoms with Crippen molar-refractivity contribution in [3.8, 4) is 0 Å². The number of carbonyl (C=O) groups excluding carboxylic acids is 1. The van der Waals surface area contributed by atoms with Crippen LogP contribution in [0, 0.1) is 17.6 Å². The summed E-state index contributed by atoms with van der Waals surface area (Å²) >= 11 is 0. The van der Waals surface area contributed by atoms with Crippen molar-refractivity contribution in [1.29, 1.82) is 0 Å². The molecule has 0 aromatic heterocycles. The Morgan fingerprint density at radius 1 is 1.50 bits per heavy atom. The molecular weight excluding hydrogens is 266 g/mol. The molecule has 2 N–H and O–H groups in total. The molecule has 2 unspecified atom stereocenters. The lowest BCUT2D eigenvalue weighted by molar-refractivity contribution is -0.142. The zero-order valence-electron chi connectivity index (χ0n) is 11.3. The Kier molecular flexibility index (Phi) is 4.54. The predicted molar refractivity (Wildman–Crippen MR) is 71.3 cm³/mol. The minimum atomic E-state index is -0.850. The van der Waals surface area contributed by atoms with Gasteiger partial charge in [-0.2, -0.15) is 0 Å². The molecule has 1 aromatic carbocycles. The van der Waals surface area contributed by atoms with E-state index in [-0.39, 0.29) is 5.92 Å². The van der Waals surface area contributed by atoms with Gasteiger partial charge in [-0.1, -0.05) is 0 Å². The van der Waals surface area contributed by atoms with Gasteiger partial charge in [-0.15, -0.1) is 0 Å². The molecule has 0 radical (unpaired) electrons. The highest BCUT2D eigenvalue weighted by Gasteiger charge is 2.27. The van der Waals surface area contributed by atoms with Crippen molar-refractivity contribution in [1.82, 2.24) is 0 Å². The number of rotatable bonds is 4. The first-order valence-corrected chi connectivity index (χ1v) is 6.54. The van der Waals surface area contributed by atoms with Crippen LogP contribution in [0.5, 0.6) is 0 Å². The molecule has 1 saturated heterocycles. The molecule has 0 spiro atoms. The van der Waals surface area contributed by atoms with E-state index >= 15 is 0 Å². The van der Waals surface area contributed by atoms with E-state index in [4.69, 9.17) is 5.73 Å². The van der Waals surface area contributed by atoms with Crippen LogP contribution in [0.2, 0.25) is 0 Å². The number of methoxy groups -OCH3 is 1. The van der Waals surface area contributed by atoms with Gasteiger partial charge in [0.05, 0.1) is 7.11 Å². The van der Waals surface area contributed by atoms with Gasteiger partial charge in [0.25, 0.3) is 0 Å². The van der Waals surface area contributed by atoms with Crippen molar-refractivity contribution >= 4 is 11.7 Å². The fourth-order valence-electron chi connectivity index (χ4n) is 2.55. The van der Waals surface area contributed by atoms with E-state index in [1.54, 1.807) is 6.07 Å². The molecule has 6 heteroatoms. The Labute approximate surface area is 116 Å². The highest BCUT2D eigenvalue weighted by molar-refractivity contribution is 5.75. The quantitative estimate of drug-likeness (QED) is 0.855. The average Bonchev–Trinajstić information content (AvgIpc) is 2.89. The molecule has 0 aliphatic carbocycles. The lowest BCUT2D eigenvalue weighted by atomic mass is 10.00. The normalized spacial score (nSPS) is 20.0. The van der Waals surface area contributed by atoms with Crippen molar-refractivity contribution < 1.29 is 18.3 Å². The van der Waals surface area contributed by atoms with E-state index in [9.17, 15) is 13.6 Å². The number of anilines is 1. The summed E-state index contributed by atoms with van der Waals surface area (Å²) in [6.07, 6.45) is 1.40. The largest absolute Gasteiger partial charge is 0.468 e. The van der Waals surface area contributed by atoms with Crippen LogP contribution < -0.4 is 10.6 Å². The van der Waals surface area contributed by atoms with Crippen molar-refractivity contribution in [3.05, 3.63) is 29.8 Å². The molecule has 0 bridgehead atoms. The molecule has 0 amide bonds. The first-order chi connectivity index (χ1) is 9.51. The summed E-state index contributed by atoms with van der Waals surface area (Å²) in [5, 5.41) is 0. The number of nitrogens with two attached hydrogens (primary N) is 1. The number of hydrogen-bond acceptors (Lipinski definition) is 4. The third kappa shape index (κ3) is 3.25. The highest BCUT2D eigenvalue weighted by atomic mass is 19.2. The van der Waals surface area contributed by atoms with E-state index in [0.29, 0.717) is 18.7 Å². The molecular formula is C14H18F2N2O2. The van der Waals surface area contributed by atoms with Crippen LogP contribution in [0.15, 0.2) is 18.2 Å². The number of nitrogens with zero attached hydrogens (tertiary/aromatic N) is 1. The maximum absolute atomic E-state index is 13.2. The maximum Gasteiger partial charge on any atom is 0.322 e. The van der Waals surface area contributed by atoms with Crippen LogP contribution in [0.3, 0.4) is 0 Å². The Hall–Kier alpha value is -1.69. The Bertz CT molecular complexity index is 496. The van der Waals surface area contributed by atoms with Crippen LogP contribution >= 0.6 is 0 Å².